The van der Waals surface area contributed by atoms with Gasteiger partial charge in [0.05, 0.1) is 13.2 Å². The van der Waals surface area contributed by atoms with Gasteiger partial charge in [-0.05, 0) is 19.1 Å². The lowest BCUT2D eigenvalue weighted by atomic mass is 10.3. The van der Waals surface area contributed by atoms with Crippen molar-refractivity contribution in [1.82, 2.24) is 14.7 Å². The Kier molecular flexibility index (Phi) is 3.87. The molecule has 1 aromatic heterocycles. The Morgan fingerprint density at radius 3 is 2.74 bits per heavy atom. The molecule has 0 aliphatic heterocycles. The third-order valence-electron chi connectivity index (χ3n) is 2.62. The van der Waals surface area contributed by atoms with Gasteiger partial charge in [0.2, 0.25) is 10.0 Å². The number of imidazole rings is 1. The molecule has 19 heavy (non-hydrogen) atoms. The molecule has 0 saturated carbocycles. The average Bonchev–Trinajstić information content (AvgIpc) is 2.92. The van der Waals surface area contributed by atoms with E-state index in [1.807, 2.05) is 0 Å². The minimum atomic E-state index is -3.66. The third kappa shape index (κ3) is 2.94. The zero-order chi connectivity index (χ0) is 13.9. The second-order valence-corrected chi connectivity index (χ2v) is 5.65. The first kappa shape index (κ1) is 13.6. The van der Waals surface area contributed by atoms with Gasteiger partial charge in [-0.3, -0.25) is 0 Å². The minimum absolute atomic E-state index is 0.107. The van der Waals surface area contributed by atoms with Gasteiger partial charge in [-0.15, -0.1) is 0 Å². The number of methoxy groups -OCH3 is 1. The molecule has 0 radical (unpaired) electrons. The highest BCUT2D eigenvalue weighted by Crippen LogP contribution is 2.24. The highest BCUT2D eigenvalue weighted by molar-refractivity contribution is 7.89. The van der Waals surface area contributed by atoms with Crippen LogP contribution in [0.4, 0.5) is 0 Å². The number of nitrogens with zero attached hydrogens (tertiary/aromatic N) is 1. The number of ether oxygens (including phenoxy) is 1. The van der Waals surface area contributed by atoms with E-state index in [0.29, 0.717) is 11.6 Å². The average molecular weight is 281 g/mol. The van der Waals surface area contributed by atoms with Gasteiger partial charge in [-0.25, -0.2) is 18.1 Å². The molecule has 1 unspecified atom stereocenters. The molecule has 1 atom stereocenters. The standard InChI is InChI=1S/C12H15N3O3S/c1-9(12-13-7-8-14-12)15-19(16,17)11-6-4-3-5-10(11)18-2/h3-9,15H,1-2H3,(H,13,14). The van der Waals surface area contributed by atoms with Crippen molar-refractivity contribution in [1.29, 1.82) is 0 Å². The van der Waals surface area contributed by atoms with Crippen molar-refractivity contribution in [2.24, 2.45) is 0 Å². The Hall–Kier alpha value is -1.86. The topological polar surface area (TPSA) is 84.1 Å². The molecule has 1 aromatic carbocycles. The van der Waals surface area contributed by atoms with Crippen molar-refractivity contribution in [2.45, 2.75) is 17.9 Å². The van der Waals surface area contributed by atoms with Crippen LogP contribution in [0.15, 0.2) is 41.6 Å². The summed E-state index contributed by atoms with van der Waals surface area (Å²) in [7, 11) is -2.23. The van der Waals surface area contributed by atoms with E-state index in [9.17, 15) is 8.42 Å². The number of hydrogen-bond acceptors (Lipinski definition) is 4. The SMILES string of the molecule is COc1ccccc1S(=O)(=O)NC(C)c1ncc[nH]1. The van der Waals surface area contributed by atoms with Gasteiger partial charge < -0.3 is 9.72 Å². The number of rotatable bonds is 5. The lowest BCUT2D eigenvalue weighted by molar-refractivity contribution is 0.402. The van der Waals surface area contributed by atoms with Crippen LogP contribution in [0.5, 0.6) is 5.75 Å². The number of hydrogen-bond donors (Lipinski definition) is 2. The molecule has 102 valence electrons. The normalized spacial score (nSPS) is 13.2. The van der Waals surface area contributed by atoms with Gasteiger partial charge in [-0.1, -0.05) is 12.1 Å². The van der Waals surface area contributed by atoms with Gasteiger partial charge in [0.1, 0.15) is 16.5 Å². The highest BCUT2D eigenvalue weighted by atomic mass is 32.2. The zero-order valence-electron chi connectivity index (χ0n) is 10.6. The molecule has 6 nitrogen and oxygen atoms in total. The number of benzene rings is 1. The number of sulfonamides is 1. The fourth-order valence-electron chi connectivity index (χ4n) is 1.71. The summed E-state index contributed by atoms with van der Waals surface area (Å²) >= 11 is 0. The molecule has 0 aliphatic rings. The third-order valence-corrected chi connectivity index (χ3v) is 4.20. The first-order valence-corrected chi connectivity index (χ1v) is 7.17. The van der Waals surface area contributed by atoms with Crippen molar-refractivity contribution < 1.29 is 13.2 Å². The summed E-state index contributed by atoms with van der Waals surface area (Å²) < 4.78 is 32.2. The maximum Gasteiger partial charge on any atom is 0.244 e. The summed E-state index contributed by atoms with van der Waals surface area (Å²) in [4.78, 5) is 7.00. The van der Waals surface area contributed by atoms with Crippen molar-refractivity contribution in [3.05, 3.63) is 42.5 Å². The summed E-state index contributed by atoms with van der Waals surface area (Å²) in [6.07, 6.45) is 3.21. The van der Waals surface area contributed by atoms with Gasteiger partial charge in [-0.2, -0.15) is 0 Å². The van der Waals surface area contributed by atoms with E-state index in [4.69, 9.17) is 4.74 Å². The monoisotopic (exact) mass is 281 g/mol. The number of para-hydroxylation sites is 1. The van der Waals surface area contributed by atoms with Gasteiger partial charge in [0, 0.05) is 12.4 Å². The predicted molar refractivity (Wildman–Crippen MR) is 70.3 cm³/mol. The molecule has 0 aliphatic carbocycles. The molecule has 1 heterocycles. The Morgan fingerprint density at radius 2 is 2.11 bits per heavy atom. The van der Waals surface area contributed by atoms with Crippen LogP contribution >= 0.6 is 0 Å². The smallest absolute Gasteiger partial charge is 0.244 e. The molecule has 2 rings (SSSR count). The quantitative estimate of drug-likeness (QED) is 0.869. The molecule has 2 N–H and O–H groups in total. The number of H-pyrrole nitrogens is 1. The summed E-state index contributed by atoms with van der Waals surface area (Å²) in [6, 6.07) is 6.01. The fraction of sp³-hybridized carbons (Fsp3) is 0.250. The predicted octanol–water partition coefficient (Wildman–Crippen LogP) is 1.46. The Labute approximate surface area is 111 Å². The number of aromatic nitrogens is 2. The maximum absolute atomic E-state index is 12.3. The largest absolute Gasteiger partial charge is 0.495 e. The lowest BCUT2D eigenvalue weighted by Gasteiger charge is -2.14. The number of nitrogens with one attached hydrogen (secondary N) is 2. The van der Waals surface area contributed by atoms with E-state index in [1.54, 1.807) is 37.5 Å². The van der Waals surface area contributed by atoms with E-state index in [1.165, 1.54) is 13.2 Å². The van der Waals surface area contributed by atoms with Crippen molar-refractivity contribution in [3.8, 4) is 5.75 Å². The lowest BCUT2D eigenvalue weighted by Crippen LogP contribution is -2.27. The van der Waals surface area contributed by atoms with E-state index < -0.39 is 16.1 Å². The van der Waals surface area contributed by atoms with Gasteiger partial charge in [0.15, 0.2) is 0 Å². The second-order valence-electron chi connectivity index (χ2n) is 3.97. The summed E-state index contributed by atoms with van der Waals surface area (Å²) in [5.41, 5.74) is 0. The number of aromatic amines is 1. The summed E-state index contributed by atoms with van der Waals surface area (Å²) in [6.45, 7) is 1.71. The molecule has 0 saturated heterocycles. The fourth-order valence-corrected chi connectivity index (χ4v) is 3.09. The molecule has 0 fully saturated rings. The molecule has 0 amide bonds. The van der Waals surface area contributed by atoms with Crippen molar-refractivity contribution in [3.63, 3.8) is 0 Å². The first-order valence-electron chi connectivity index (χ1n) is 5.69. The maximum atomic E-state index is 12.3. The van der Waals surface area contributed by atoms with E-state index in [0.717, 1.165) is 0 Å². The first-order chi connectivity index (χ1) is 9.04. The summed E-state index contributed by atoms with van der Waals surface area (Å²) in [5, 5.41) is 0. The van der Waals surface area contributed by atoms with Crippen LogP contribution in [0.3, 0.4) is 0 Å². The molecule has 2 aromatic rings. The van der Waals surface area contributed by atoms with Crippen LogP contribution < -0.4 is 9.46 Å². The van der Waals surface area contributed by atoms with Crippen LogP contribution in [0.2, 0.25) is 0 Å². The molecule has 0 bridgehead atoms. The Morgan fingerprint density at radius 1 is 1.37 bits per heavy atom. The van der Waals surface area contributed by atoms with Crippen LogP contribution in [-0.2, 0) is 10.0 Å². The molecular weight excluding hydrogens is 266 g/mol. The van der Waals surface area contributed by atoms with Crippen LogP contribution in [-0.4, -0.2) is 25.5 Å². The van der Waals surface area contributed by atoms with E-state index >= 15 is 0 Å². The minimum Gasteiger partial charge on any atom is -0.495 e. The van der Waals surface area contributed by atoms with E-state index in [-0.39, 0.29) is 4.90 Å². The van der Waals surface area contributed by atoms with Gasteiger partial charge >= 0.3 is 0 Å². The van der Waals surface area contributed by atoms with Crippen molar-refractivity contribution in [2.75, 3.05) is 7.11 Å². The van der Waals surface area contributed by atoms with Gasteiger partial charge in [0.25, 0.3) is 0 Å². The molecule has 0 spiro atoms. The zero-order valence-corrected chi connectivity index (χ0v) is 11.4. The van der Waals surface area contributed by atoms with Crippen LogP contribution in [0, 0.1) is 0 Å². The molecule has 7 heteroatoms. The second kappa shape index (κ2) is 5.41. The van der Waals surface area contributed by atoms with Crippen LogP contribution in [0.1, 0.15) is 18.8 Å². The van der Waals surface area contributed by atoms with E-state index in [2.05, 4.69) is 14.7 Å². The van der Waals surface area contributed by atoms with Crippen molar-refractivity contribution >= 4 is 10.0 Å². The highest BCUT2D eigenvalue weighted by Gasteiger charge is 2.22. The summed E-state index contributed by atoms with van der Waals surface area (Å²) in [5.74, 6) is 0.861. The Bertz CT molecular complexity index is 638. The molecular formula is C12H15N3O3S. The Balaban J connectivity index is 2.28. The van der Waals surface area contributed by atoms with Crippen LogP contribution in [0.25, 0.3) is 0 Å².